The molecular weight excluding hydrogens is 332 g/mol. The SMILES string of the molecule is Cc1nc2ccccc2n1CCC(=O)N1CCO[C@]2(CNCCOC2)C1. The van der Waals surface area contributed by atoms with Gasteiger partial charge in [0.2, 0.25) is 5.91 Å². The van der Waals surface area contributed by atoms with Crippen molar-refractivity contribution in [3.8, 4) is 0 Å². The van der Waals surface area contributed by atoms with E-state index in [4.69, 9.17) is 9.47 Å². The summed E-state index contributed by atoms with van der Waals surface area (Å²) in [6.45, 7) is 7.19. The summed E-state index contributed by atoms with van der Waals surface area (Å²) in [5.74, 6) is 1.10. The number of hydrogen-bond donors (Lipinski definition) is 1. The van der Waals surface area contributed by atoms with Crippen molar-refractivity contribution < 1.29 is 14.3 Å². The fourth-order valence-corrected chi connectivity index (χ4v) is 3.87. The van der Waals surface area contributed by atoms with Gasteiger partial charge >= 0.3 is 0 Å². The van der Waals surface area contributed by atoms with Crippen LogP contribution in [0, 0.1) is 6.92 Å². The zero-order chi connectivity index (χ0) is 18.0. The molecule has 7 heteroatoms. The molecule has 140 valence electrons. The van der Waals surface area contributed by atoms with Crippen LogP contribution in [0.15, 0.2) is 24.3 Å². The van der Waals surface area contributed by atoms with Gasteiger partial charge in [0.15, 0.2) is 0 Å². The van der Waals surface area contributed by atoms with Crippen LogP contribution in [0.3, 0.4) is 0 Å². The summed E-state index contributed by atoms with van der Waals surface area (Å²) >= 11 is 0. The number of nitrogens with one attached hydrogen (secondary N) is 1. The minimum absolute atomic E-state index is 0.161. The molecule has 0 radical (unpaired) electrons. The quantitative estimate of drug-likeness (QED) is 0.885. The fraction of sp³-hybridized carbons (Fsp3) is 0.579. The van der Waals surface area contributed by atoms with Crippen LogP contribution >= 0.6 is 0 Å². The largest absolute Gasteiger partial charge is 0.377 e. The number of ether oxygens (including phenoxy) is 2. The van der Waals surface area contributed by atoms with E-state index in [1.165, 1.54) is 0 Å². The zero-order valence-corrected chi connectivity index (χ0v) is 15.2. The number of aryl methyl sites for hydroxylation is 2. The molecule has 26 heavy (non-hydrogen) atoms. The van der Waals surface area contributed by atoms with Gasteiger partial charge in [-0.1, -0.05) is 12.1 Å². The summed E-state index contributed by atoms with van der Waals surface area (Å²) in [6, 6.07) is 8.05. The first-order chi connectivity index (χ1) is 12.7. The molecule has 2 aliphatic rings. The van der Waals surface area contributed by atoms with Gasteiger partial charge in [0, 0.05) is 32.6 Å². The number of imidazole rings is 1. The van der Waals surface area contributed by atoms with Gasteiger partial charge in [-0.2, -0.15) is 0 Å². The smallest absolute Gasteiger partial charge is 0.224 e. The molecule has 2 saturated heterocycles. The van der Waals surface area contributed by atoms with Crippen molar-refractivity contribution in [2.75, 3.05) is 46.0 Å². The fourth-order valence-electron chi connectivity index (χ4n) is 3.87. The second-order valence-corrected chi connectivity index (χ2v) is 7.13. The Morgan fingerprint density at radius 3 is 3.15 bits per heavy atom. The van der Waals surface area contributed by atoms with Crippen molar-refractivity contribution in [3.05, 3.63) is 30.1 Å². The molecule has 0 saturated carbocycles. The molecule has 1 amide bonds. The summed E-state index contributed by atoms with van der Waals surface area (Å²) in [5, 5.41) is 3.35. The molecule has 1 aromatic carbocycles. The summed E-state index contributed by atoms with van der Waals surface area (Å²) in [4.78, 5) is 19.3. The highest BCUT2D eigenvalue weighted by atomic mass is 16.5. The molecule has 7 nitrogen and oxygen atoms in total. The van der Waals surface area contributed by atoms with Crippen LogP contribution in [0.2, 0.25) is 0 Å². The van der Waals surface area contributed by atoms with E-state index >= 15 is 0 Å². The number of amides is 1. The molecule has 2 aromatic rings. The molecule has 1 spiro atoms. The van der Waals surface area contributed by atoms with E-state index in [0.717, 1.165) is 29.9 Å². The summed E-state index contributed by atoms with van der Waals surface area (Å²) in [6.07, 6.45) is 0.464. The average Bonchev–Trinajstić information content (AvgIpc) is 2.81. The second kappa shape index (κ2) is 7.34. The number of nitrogens with zero attached hydrogens (tertiary/aromatic N) is 3. The number of para-hydroxylation sites is 2. The van der Waals surface area contributed by atoms with Gasteiger partial charge in [-0.25, -0.2) is 4.98 Å². The molecule has 1 N–H and O–H groups in total. The topological polar surface area (TPSA) is 68.6 Å². The third kappa shape index (κ3) is 3.47. The summed E-state index contributed by atoms with van der Waals surface area (Å²) in [5.41, 5.74) is 1.64. The van der Waals surface area contributed by atoms with E-state index in [2.05, 4.69) is 20.9 Å². The van der Waals surface area contributed by atoms with E-state index in [1.807, 2.05) is 30.0 Å². The van der Waals surface area contributed by atoms with Crippen LogP contribution in [-0.2, 0) is 20.8 Å². The predicted octanol–water partition coefficient (Wildman–Crippen LogP) is 0.952. The first-order valence-electron chi connectivity index (χ1n) is 9.29. The van der Waals surface area contributed by atoms with Gasteiger partial charge in [-0.3, -0.25) is 4.79 Å². The van der Waals surface area contributed by atoms with Crippen LogP contribution in [0.1, 0.15) is 12.2 Å². The highest BCUT2D eigenvalue weighted by Gasteiger charge is 2.39. The number of rotatable bonds is 3. The number of morpholine rings is 1. The van der Waals surface area contributed by atoms with Crippen molar-refractivity contribution in [1.29, 1.82) is 0 Å². The van der Waals surface area contributed by atoms with E-state index in [1.54, 1.807) is 0 Å². The van der Waals surface area contributed by atoms with Crippen molar-refractivity contribution >= 4 is 16.9 Å². The predicted molar refractivity (Wildman–Crippen MR) is 98.0 cm³/mol. The number of aromatic nitrogens is 2. The van der Waals surface area contributed by atoms with E-state index in [-0.39, 0.29) is 5.91 Å². The first-order valence-corrected chi connectivity index (χ1v) is 9.29. The summed E-state index contributed by atoms with van der Waals surface area (Å²) in [7, 11) is 0. The number of carbonyl (C=O) groups is 1. The maximum absolute atomic E-state index is 12.8. The molecular formula is C19H26N4O3. The maximum atomic E-state index is 12.8. The number of hydrogen-bond acceptors (Lipinski definition) is 5. The number of fused-ring (bicyclic) bond motifs is 1. The molecule has 0 bridgehead atoms. The van der Waals surface area contributed by atoms with Crippen LogP contribution in [-0.4, -0.2) is 72.0 Å². The van der Waals surface area contributed by atoms with Gasteiger partial charge in [0.05, 0.1) is 37.4 Å². The van der Waals surface area contributed by atoms with Gasteiger partial charge in [0.1, 0.15) is 11.4 Å². The normalized spacial score (nSPS) is 24.1. The van der Waals surface area contributed by atoms with E-state index in [0.29, 0.717) is 45.9 Å². The first kappa shape index (κ1) is 17.5. The van der Waals surface area contributed by atoms with Crippen LogP contribution in [0.4, 0.5) is 0 Å². The monoisotopic (exact) mass is 358 g/mol. The molecule has 2 aliphatic heterocycles. The lowest BCUT2D eigenvalue weighted by molar-refractivity contribution is -0.158. The standard InChI is InChI=1S/C19H26N4O3/c1-15-21-16-4-2-3-5-17(16)23(15)8-6-18(24)22-9-11-26-19(13-22)12-20-7-10-25-14-19/h2-5,20H,6-14H2,1H3/t19-/m1/s1. The molecule has 0 aliphatic carbocycles. The lowest BCUT2D eigenvalue weighted by Gasteiger charge is -2.41. The Hall–Kier alpha value is -1.96. The molecule has 2 fully saturated rings. The van der Waals surface area contributed by atoms with Crippen molar-refractivity contribution in [2.24, 2.45) is 0 Å². The van der Waals surface area contributed by atoms with Gasteiger partial charge in [0.25, 0.3) is 0 Å². The Balaban J connectivity index is 1.42. The minimum atomic E-state index is -0.415. The Morgan fingerprint density at radius 1 is 1.35 bits per heavy atom. The zero-order valence-electron chi connectivity index (χ0n) is 15.2. The van der Waals surface area contributed by atoms with E-state index in [9.17, 15) is 4.79 Å². The van der Waals surface area contributed by atoms with Gasteiger partial charge in [-0.15, -0.1) is 0 Å². The van der Waals surface area contributed by atoms with E-state index < -0.39 is 5.60 Å². The average molecular weight is 358 g/mol. The van der Waals surface area contributed by atoms with Crippen LogP contribution < -0.4 is 5.32 Å². The van der Waals surface area contributed by atoms with Gasteiger partial charge in [-0.05, 0) is 19.1 Å². The third-order valence-electron chi connectivity index (χ3n) is 5.23. The lowest BCUT2D eigenvalue weighted by Crippen LogP contribution is -2.59. The Morgan fingerprint density at radius 2 is 2.23 bits per heavy atom. The van der Waals surface area contributed by atoms with Gasteiger partial charge < -0.3 is 24.3 Å². The maximum Gasteiger partial charge on any atom is 0.224 e. The third-order valence-corrected chi connectivity index (χ3v) is 5.23. The summed E-state index contributed by atoms with van der Waals surface area (Å²) < 4.78 is 13.8. The highest BCUT2D eigenvalue weighted by molar-refractivity contribution is 5.78. The molecule has 4 rings (SSSR count). The molecule has 1 atom stereocenters. The second-order valence-electron chi connectivity index (χ2n) is 7.13. The lowest BCUT2D eigenvalue weighted by atomic mass is 10.0. The van der Waals surface area contributed by atoms with Crippen molar-refractivity contribution in [3.63, 3.8) is 0 Å². The Bertz CT molecular complexity index is 780. The highest BCUT2D eigenvalue weighted by Crippen LogP contribution is 2.21. The number of carbonyl (C=O) groups excluding carboxylic acids is 1. The number of benzene rings is 1. The van der Waals surface area contributed by atoms with Crippen LogP contribution in [0.25, 0.3) is 11.0 Å². The van der Waals surface area contributed by atoms with Crippen molar-refractivity contribution in [1.82, 2.24) is 19.8 Å². The van der Waals surface area contributed by atoms with Crippen molar-refractivity contribution in [2.45, 2.75) is 25.5 Å². The van der Waals surface area contributed by atoms with Crippen LogP contribution in [0.5, 0.6) is 0 Å². The minimum Gasteiger partial charge on any atom is -0.377 e. The molecule has 1 aromatic heterocycles. The Kier molecular flexibility index (Phi) is 4.93. The molecule has 0 unspecified atom stereocenters. The molecule has 3 heterocycles. The Labute approximate surface area is 153 Å².